The monoisotopic (exact) mass is 425 g/mol. The predicted octanol–water partition coefficient (Wildman–Crippen LogP) is 3.33. The van der Waals surface area contributed by atoms with Crippen molar-refractivity contribution in [1.82, 2.24) is 10.2 Å². The van der Waals surface area contributed by atoms with Crippen molar-refractivity contribution >= 4 is 40.9 Å². The van der Waals surface area contributed by atoms with Crippen LogP contribution >= 0.6 is 12.4 Å². The number of benzene rings is 2. The number of hydrogen-bond donors (Lipinski definition) is 2. The molecule has 0 bridgehead atoms. The minimum atomic E-state index is -0.290. The van der Waals surface area contributed by atoms with E-state index in [2.05, 4.69) is 10.6 Å². The summed E-state index contributed by atoms with van der Waals surface area (Å²) in [7, 11) is 0. The molecule has 0 unspecified atom stereocenters. The van der Waals surface area contributed by atoms with E-state index in [4.69, 9.17) is 4.42 Å². The summed E-state index contributed by atoms with van der Waals surface area (Å²) in [6.45, 7) is 3.77. The minimum absolute atomic E-state index is 0. The number of amides is 2. The third kappa shape index (κ3) is 4.06. The maximum absolute atomic E-state index is 12.6. The van der Waals surface area contributed by atoms with Crippen LogP contribution in [0, 0.1) is 11.8 Å². The van der Waals surface area contributed by atoms with Crippen LogP contribution in [0.5, 0.6) is 0 Å². The lowest BCUT2D eigenvalue weighted by molar-refractivity contribution is -0.129. The van der Waals surface area contributed by atoms with E-state index >= 15 is 0 Å². The molecule has 156 valence electrons. The smallest absolute Gasteiger partial charge is 0.291 e. The first-order valence-corrected chi connectivity index (χ1v) is 10.0. The first-order valence-electron chi connectivity index (χ1n) is 10.0. The van der Waals surface area contributed by atoms with E-state index in [0.717, 1.165) is 37.1 Å². The molecule has 6 nitrogen and oxygen atoms in total. The number of carbonyl (C=O) groups excluding carboxylic acids is 2. The minimum Gasteiger partial charge on any atom is -0.451 e. The molecule has 2 aliphatic heterocycles. The molecule has 2 aliphatic rings. The lowest BCUT2D eigenvalue weighted by Crippen LogP contribution is -2.32. The maximum Gasteiger partial charge on any atom is 0.291 e. The molecular formula is C23H24ClN3O3. The lowest BCUT2D eigenvalue weighted by Gasteiger charge is -2.17. The number of nitrogens with zero attached hydrogens (tertiary/aromatic N) is 1. The van der Waals surface area contributed by atoms with Crippen LogP contribution < -0.4 is 10.6 Å². The van der Waals surface area contributed by atoms with Crippen molar-refractivity contribution < 1.29 is 14.0 Å². The van der Waals surface area contributed by atoms with Crippen molar-refractivity contribution in [3.05, 3.63) is 65.9 Å². The molecule has 30 heavy (non-hydrogen) atoms. The lowest BCUT2D eigenvalue weighted by atomic mass is 10.0. The number of para-hydroxylation sites is 1. The van der Waals surface area contributed by atoms with E-state index in [1.807, 2.05) is 53.4 Å². The van der Waals surface area contributed by atoms with Gasteiger partial charge in [-0.05, 0) is 41.7 Å². The Morgan fingerprint density at radius 3 is 2.43 bits per heavy atom. The van der Waals surface area contributed by atoms with Gasteiger partial charge in [-0.25, -0.2) is 0 Å². The van der Waals surface area contributed by atoms with Crippen LogP contribution in [-0.4, -0.2) is 42.9 Å². The zero-order chi connectivity index (χ0) is 19.8. The van der Waals surface area contributed by atoms with Crippen LogP contribution in [0.2, 0.25) is 0 Å². The normalized spacial score (nSPS) is 20.1. The van der Waals surface area contributed by atoms with E-state index < -0.39 is 0 Å². The summed E-state index contributed by atoms with van der Waals surface area (Å²) in [5.74, 6) is 1.38. The van der Waals surface area contributed by atoms with E-state index in [1.54, 1.807) is 6.07 Å². The van der Waals surface area contributed by atoms with Gasteiger partial charge in [-0.2, -0.15) is 0 Å². The fourth-order valence-corrected chi connectivity index (χ4v) is 4.34. The van der Waals surface area contributed by atoms with E-state index in [1.165, 1.54) is 0 Å². The number of likely N-dealkylation sites (tertiary alicyclic amines) is 1. The average molecular weight is 426 g/mol. The van der Waals surface area contributed by atoms with Gasteiger partial charge in [0.15, 0.2) is 5.76 Å². The summed E-state index contributed by atoms with van der Waals surface area (Å²) < 4.78 is 5.60. The molecule has 2 N–H and O–H groups in total. The summed E-state index contributed by atoms with van der Waals surface area (Å²) in [6.07, 6.45) is 0.394. The summed E-state index contributed by atoms with van der Waals surface area (Å²) in [6, 6.07) is 16.7. The fourth-order valence-electron chi connectivity index (χ4n) is 4.34. The summed E-state index contributed by atoms with van der Waals surface area (Å²) in [4.78, 5) is 27.0. The first-order chi connectivity index (χ1) is 14.2. The molecule has 0 radical (unpaired) electrons. The number of nitrogens with one attached hydrogen (secondary N) is 2. The van der Waals surface area contributed by atoms with E-state index in [-0.39, 0.29) is 30.0 Å². The second-order valence-corrected chi connectivity index (χ2v) is 7.95. The Morgan fingerprint density at radius 2 is 1.73 bits per heavy atom. The van der Waals surface area contributed by atoms with Gasteiger partial charge in [0.05, 0.1) is 6.42 Å². The zero-order valence-corrected chi connectivity index (χ0v) is 17.3. The van der Waals surface area contributed by atoms with Crippen molar-refractivity contribution in [2.24, 2.45) is 11.8 Å². The third-order valence-electron chi connectivity index (χ3n) is 5.96. The van der Waals surface area contributed by atoms with Gasteiger partial charge in [0.2, 0.25) is 5.91 Å². The van der Waals surface area contributed by atoms with Crippen LogP contribution in [0.25, 0.3) is 11.0 Å². The number of hydrogen-bond acceptors (Lipinski definition) is 4. The maximum atomic E-state index is 12.6. The summed E-state index contributed by atoms with van der Waals surface area (Å²) >= 11 is 0. The van der Waals surface area contributed by atoms with Crippen LogP contribution in [0.1, 0.15) is 16.1 Å². The molecule has 5 rings (SSSR count). The highest BCUT2D eigenvalue weighted by Crippen LogP contribution is 2.27. The summed E-state index contributed by atoms with van der Waals surface area (Å²) in [5.41, 5.74) is 2.31. The second-order valence-electron chi connectivity index (χ2n) is 7.95. The highest BCUT2D eigenvalue weighted by molar-refractivity contribution is 6.04. The number of anilines is 1. The highest BCUT2D eigenvalue weighted by Gasteiger charge is 2.37. The van der Waals surface area contributed by atoms with E-state index in [0.29, 0.717) is 29.5 Å². The topological polar surface area (TPSA) is 74.6 Å². The third-order valence-corrected chi connectivity index (χ3v) is 5.96. The SMILES string of the molecule is Cl.O=C(Nc1ccc(CC(=O)N2C[C@H]3CNC[C@H]3C2)cc1)c1cc2ccccc2o1. The van der Waals surface area contributed by atoms with Gasteiger partial charge in [-0.3, -0.25) is 9.59 Å². The van der Waals surface area contributed by atoms with Crippen molar-refractivity contribution in [2.45, 2.75) is 6.42 Å². The number of furan rings is 1. The molecule has 3 aromatic rings. The van der Waals surface area contributed by atoms with Crippen molar-refractivity contribution in [2.75, 3.05) is 31.5 Å². The highest BCUT2D eigenvalue weighted by atomic mass is 35.5. The molecule has 1 aromatic heterocycles. The van der Waals surface area contributed by atoms with Gasteiger partial charge in [-0.1, -0.05) is 30.3 Å². The summed E-state index contributed by atoms with van der Waals surface area (Å²) in [5, 5.41) is 7.14. The van der Waals surface area contributed by atoms with Gasteiger partial charge in [0.25, 0.3) is 5.91 Å². The number of carbonyl (C=O) groups is 2. The Labute approximate surface area is 181 Å². The Bertz CT molecular complexity index is 1020. The van der Waals surface area contributed by atoms with Crippen molar-refractivity contribution in [1.29, 1.82) is 0 Å². The standard InChI is InChI=1S/C23H23N3O3.ClH/c27-22(26-13-17-11-24-12-18(17)14-26)9-15-5-7-19(8-6-15)25-23(28)21-10-16-3-1-2-4-20(16)29-21;/h1-8,10,17-18,24H,9,11-14H2,(H,25,28);1H/t17-,18+;. The Morgan fingerprint density at radius 1 is 1.03 bits per heavy atom. The number of fused-ring (bicyclic) bond motifs is 2. The van der Waals surface area contributed by atoms with Crippen LogP contribution in [0.4, 0.5) is 5.69 Å². The Hall–Kier alpha value is -2.83. The molecule has 2 saturated heterocycles. The number of rotatable bonds is 4. The average Bonchev–Trinajstić information content (AvgIpc) is 3.43. The van der Waals surface area contributed by atoms with E-state index in [9.17, 15) is 9.59 Å². The molecule has 0 spiro atoms. The van der Waals surface area contributed by atoms with Crippen molar-refractivity contribution in [3.63, 3.8) is 0 Å². The molecule has 7 heteroatoms. The van der Waals surface area contributed by atoms with Gasteiger partial charge in [-0.15, -0.1) is 12.4 Å². The molecule has 0 saturated carbocycles. The quantitative estimate of drug-likeness (QED) is 0.672. The Balaban J connectivity index is 0.00000218. The zero-order valence-electron chi connectivity index (χ0n) is 16.5. The second kappa shape index (κ2) is 8.50. The predicted molar refractivity (Wildman–Crippen MR) is 118 cm³/mol. The fraction of sp³-hybridized carbons (Fsp3) is 0.304. The van der Waals surface area contributed by atoms with Crippen LogP contribution in [0.3, 0.4) is 0 Å². The molecule has 2 fully saturated rings. The van der Waals surface area contributed by atoms with Gasteiger partial charge in [0.1, 0.15) is 5.58 Å². The Kier molecular flexibility index (Phi) is 5.79. The van der Waals surface area contributed by atoms with Crippen LogP contribution in [-0.2, 0) is 11.2 Å². The largest absolute Gasteiger partial charge is 0.451 e. The van der Waals surface area contributed by atoms with Gasteiger partial charge < -0.3 is 20.0 Å². The van der Waals surface area contributed by atoms with Crippen molar-refractivity contribution in [3.8, 4) is 0 Å². The van der Waals surface area contributed by atoms with Crippen LogP contribution in [0.15, 0.2) is 59.0 Å². The molecule has 2 aromatic carbocycles. The molecule has 3 heterocycles. The molecular weight excluding hydrogens is 402 g/mol. The molecule has 2 atom stereocenters. The van der Waals surface area contributed by atoms with Gasteiger partial charge in [0, 0.05) is 37.3 Å². The number of halogens is 1. The molecule has 2 amide bonds. The first kappa shape index (κ1) is 20.4. The molecule has 0 aliphatic carbocycles. The van der Waals surface area contributed by atoms with Gasteiger partial charge >= 0.3 is 0 Å².